The fraction of sp³-hybridized carbons (Fsp3) is 0.0645. The highest BCUT2D eigenvalue weighted by Gasteiger charge is 2.12. The number of carbonyl (C=O) groups excluding carboxylic acids is 1. The Morgan fingerprint density at radius 1 is 0.698 bits per heavy atom. The third kappa shape index (κ3) is 7.56. The number of nitrogens with one attached hydrogen (secondary N) is 4. The van der Waals surface area contributed by atoms with E-state index in [1.54, 1.807) is 13.2 Å². The van der Waals surface area contributed by atoms with Crippen molar-refractivity contribution in [3.63, 3.8) is 0 Å². The van der Waals surface area contributed by atoms with Crippen LogP contribution in [0.25, 0.3) is 10.2 Å². The molecule has 1 amide bonds. The SMILES string of the molecule is COc1cccc(NC(=O)CSc2nc3ccc(Nc4nc(Nc5ccccc5)nc(Nc5ccccc5)n4)cc3s2)c1. The maximum absolute atomic E-state index is 12.5. The number of aromatic nitrogens is 4. The Bertz CT molecular complexity index is 1790. The number of ether oxygens (including phenoxy) is 1. The molecule has 4 aromatic carbocycles. The Morgan fingerprint density at radius 3 is 1.93 bits per heavy atom. The zero-order valence-corrected chi connectivity index (χ0v) is 24.6. The predicted molar refractivity (Wildman–Crippen MR) is 175 cm³/mol. The predicted octanol–water partition coefficient (Wildman–Crippen LogP) is 7.45. The van der Waals surface area contributed by atoms with Gasteiger partial charge in [0.25, 0.3) is 0 Å². The summed E-state index contributed by atoms with van der Waals surface area (Å²) in [6, 6.07) is 32.5. The third-order valence-electron chi connectivity index (χ3n) is 6.00. The van der Waals surface area contributed by atoms with E-state index in [4.69, 9.17) is 4.74 Å². The Balaban J connectivity index is 1.16. The summed E-state index contributed by atoms with van der Waals surface area (Å²) < 4.78 is 6.99. The summed E-state index contributed by atoms with van der Waals surface area (Å²) in [4.78, 5) is 30.9. The van der Waals surface area contributed by atoms with Gasteiger partial charge >= 0.3 is 0 Å². The van der Waals surface area contributed by atoms with Gasteiger partial charge in [-0.25, -0.2) is 4.98 Å². The first-order chi connectivity index (χ1) is 21.1. The fourth-order valence-corrected chi connectivity index (χ4v) is 5.95. The molecular weight excluding hydrogens is 581 g/mol. The summed E-state index contributed by atoms with van der Waals surface area (Å²) in [7, 11) is 1.59. The molecule has 0 fully saturated rings. The van der Waals surface area contributed by atoms with E-state index >= 15 is 0 Å². The third-order valence-corrected chi connectivity index (χ3v) is 8.16. The van der Waals surface area contributed by atoms with Crippen molar-refractivity contribution in [2.24, 2.45) is 0 Å². The van der Waals surface area contributed by atoms with Crippen LogP contribution in [0.5, 0.6) is 5.75 Å². The van der Waals surface area contributed by atoms with Gasteiger partial charge in [0, 0.05) is 28.8 Å². The van der Waals surface area contributed by atoms with Crippen molar-refractivity contribution in [3.05, 3.63) is 103 Å². The lowest BCUT2D eigenvalue weighted by molar-refractivity contribution is -0.113. The summed E-state index contributed by atoms with van der Waals surface area (Å²) in [6.45, 7) is 0. The number of hydrogen-bond donors (Lipinski definition) is 4. The van der Waals surface area contributed by atoms with Crippen LogP contribution in [0.15, 0.2) is 107 Å². The number of anilines is 7. The van der Waals surface area contributed by atoms with E-state index < -0.39 is 0 Å². The van der Waals surface area contributed by atoms with E-state index in [9.17, 15) is 4.79 Å². The van der Waals surface area contributed by atoms with Crippen molar-refractivity contribution in [3.8, 4) is 5.75 Å². The molecule has 12 heteroatoms. The maximum Gasteiger partial charge on any atom is 0.234 e. The van der Waals surface area contributed by atoms with Gasteiger partial charge in [0.05, 0.1) is 23.1 Å². The smallest absolute Gasteiger partial charge is 0.234 e. The molecule has 0 saturated heterocycles. The summed E-state index contributed by atoms with van der Waals surface area (Å²) in [5.41, 5.74) is 4.05. The van der Waals surface area contributed by atoms with Gasteiger partial charge in [-0.1, -0.05) is 54.2 Å². The second-order valence-electron chi connectivity index (χ2n) is 9.14. The van der Waals surface area contributed by atoms with Crippen LogP contribution >= 0.6 is 23.1 Å². The van der Waals surface area contributed by atoms with Crippen LogP contribution in [0, 0.1) is 0 Å². The van der Waals surface area contributed by atoms with Gasteiger partial charge in [-0.2, -0.15) is 15.0 Å². The zero-order chi connectivity index (χ0) is 29.4. The number of carbonyl (C=O) groups is 1. The van der Waals surface area contributed by atoms with E-state index in [1.165, 1.54) is 23.1 Å². The standard InChI is InChI=1S/C31H26N8O2S2/c1-41-24-14-8-13-22(17-24)32-27(40)19-42-31-36-25-16-15-23(18-26(25)43-31)35-30-38-28(33-20-9-4-2-5-10-20)37-29(39-30)34-21-11-6-3-7-12-21/h2-18H,19H2,1H3,(H,32,40)(H3,33,34,35,37,38,39). The Hall–Kier alpha value is -5.20. The lowest BCUT2D eigenvalue weighted by atomic mass is 10.3. The number of thiazole rings is 1. The fourth-order valence-electron chi connectivity index (χ4n) is 4.04. The lowest BCUT2D eigenvalue weighted by Crippen LogP contribution is -2.13. The number of thioether (sulfide) groups is 1. The molecule has 2 aromatic heterocycles. The van der Waals surface area contributed by atoms with Crippen LogP contribution in [-0.2, 0) is 4.79 Å². The first kappa shape index (κ1) is 27.9. The summed E-state index contributed by atoms with van der Waals surface area (Å²) in [5.74, 6) is 1.97. The first-order valence-corrected chi connectivity index (χ1v) is 15.0. The number of nitrogens with zero attached hydrogens (tertiary/aromatic N) is 4. The quantitative estimate of drug-likeness (QED) is 0.110. The van der Waals surface area contributed by atoms with Gasteiger partial charge in [0.2, 0.25) is 23.8 Å². The van der Waals surface area contributed by atoms with Crippen molar-refractivity contribution in [1.29, 1.82) is 0 Å². The number of para-hydroxylation sites is 2. The number of rotatable bonds is 11. The van der Waals surface area contributed by atoms with E-state index in [2.05, 4.69) is 41.2 Å². The van der Waals surface area contributed by atoms with Gasteiger partial charge in [0.1, 0.15) is 5.75 Å². The molecule has 10 nitrogen and oxygen atoms in total. The molecule has 214 valence electrons. The van der Waals surface area contributed by atoms with E-state index in [1.807, 2.05) is 97.1 Å². The molecule has 0 bridgehead atoms. The molecule has 0 spiro atoms. The molecule has 0 unspecified atom stereocenters. The molecule has 0 aliphatic rings. The van der Waals surface area contributed by atoms with E-state index in [-0.39, 0.29) is 11.7 Å². The molecular formula is C31H26N8O2S2. The second kappa shape index (κ2) is 13.2. The van der Waals surface area contributed by atoms with E-state index in [0.29, 0.717) is 29.3 Å². The van der Waals surface area contributed by atoms with Crippen LogP contribution in [-0.4, -0.2) is 38.7 Å². The second-order valence-corrected chi connectivity index (χ2v) is 11.4. The summed E-state index contributed by atoms with van der Waals surface area (Å²) in [5, 5.41) is 12.7. The number of benzene rings is 4. The summed E-state index contributed by atoms with van der Waals surface area (Å²) in [6.07, 6.45) is 0. The Kier molecular flexibility index (Phi) is 8.57. The molecule has 0 aliphatic carbocycles. The molecule has 0 radical (unpaired) electrons. The van der Waals surface area contributed by atoms with Crippen LogP contribution in [0.2, 0.25) is 0 Å². The van der Waals surface area contributed by atoms with Gasteiger partial charge in [-0.15, -0.1) is 11.3 Å². The van der Waals surface area contributed by atoms with Gasteiger partial charge in [-0.05, 0) is 54.6 Å². The molecule has 6 rings (SSSR count). The number of fused-ring (bicyclic) bond motifs is 1. The highest BCUT2D eigenvalue weighted by molar-refractivity contribution is 8.01. The molecule has 0 atom stereocenters. The molecule has 2 heterocycles. The minimum atomic E-state index is -0.116. The average Bonchev–Trinajstić information content (AvgIpc) is 3.43. The highest BCUT2D eigenvalue weighted by Crippen LogP contribution is 2.32. The van der Waals surface area contributed by atoms with Gasteiger partial charge in [0.15, 0.2) is 4.34 Å². The number of methoxy groups -OCH3 is 1. The van der Waals surface area contributed by atoms with Crippen LogP contribution in [0.4, 0.5) is 40.6 Å². The van der Waals surface area contributed by atoms with Crippen LogP contribution in [0.1, 0.15) is 0 Å². The van der Waals surface area contributed by atoms with E-state index in [0.717, 1.165) is 31.6 Å². The van der Waals surface area contributed by atoms with Crippen LogP contribution < -0.4 is 26.0 Å². The number of amides is 1. The Morgan fingerprint density at radius 2 is 1.30 bits per heavy atom. The monoisotopic (exact) mass is 606 g/mol. The molecule has 43 heavy (non-hydrogen) atoms. The average molecular weight is 607 g/mol. The van der Waals surface area contributed by atoms with Crippen molar-refractivity contribution in [2.75, 3.05) is 34.1 Å². The molecule has 0 aliphatic heterocycles. The normalized spacial score (nSPS) is 10.7. The summed E-state index contributed by atoms with van der Waals surface area (Å²) >= 11 is 2.91. The molecule has 0 saturated carbocycles. The minimum absolute atomic E-state index is 0.116. The van der Waals surface area contributed by atoms with Crippen molar-refractivity contribution in [1.82, 2.24) is 19.9 Å². The highest BCUT2D eigenvalue weighted by atomic mass is 32.2. The van der Waals surface area contributed by atoms with Crippen molar-refractivity contribution < 1.29 is 9.53 Å². The zero-order valence-electron chi connectivity index (χ0n) is 22.9. The molecule has 4 N–H and O–H groups in total. The largest absolute Gasteiger partial charge is 0.497 e. The van der Waals surface area contributed by atoms with Crippen molar-refractivity contribution in [2.45, 2.75) is 4.34 Å². The van der Waals surface area contributed by atoms with Crippen LogP contribution in [0.3, 0.4) is 0 Å². The number of hydrogen-bond acceptors (Lipinski definition) is 11. The van der Waals surface area contributed by atoms with Gasteiger partial charge in [-0.3, -0.25) is 4.79 Å². The Labute approximate surface area is 256 Å². The topological polar surface area (TPSA) is 126 Å². The lowest BCUT2D eigenvalue weighted by Gasteiger charge is -2.11. The maximum atomic E-state index is 12.5. The van der Waals surface area contributed by atoms with Crippen molar-refractivity contribution >= 4 is 79.8 Å². The van der Waals surface area contributed by atoms with Gasteiger partial charge < -0.3 is 26.0 Å². The first-order valence-electron chi connectivity index (χ1n) is 13.2. The minimum Gasteiger partial charge on any atom is -0.497 e. The molecule has 6 aromatic rings.